The third-order valence-electron chi connectivity index (χ3n) is 2.52. The van der Waals surface area contributed by atoms with E-state index in [1.54, 1.807) is 0 Å². The second kappa shape index (κ2) is 7.45. The summed E-state index contributed by atoms with van der Waals surface area (Å²) in [6.07, 6.45) is 1.91. The second-order valence-electron chi connectivity index (χ2n) is 4.11. The van der Waals surface area contributed by atoms with Crippen LogP contribution in [0.2, 0.25) is 0 Å². The van der Waals surface area contributed by atoms with Gasteiger partial charge in [-0.2, -0.15) is 0 Å². The van der Waals surface area contributed by atoms with Gasteiger partial charge in [-0.1, -0.05) is 0 Å². The summed E-state index contributed by atoms with van der Waals surface area (Å²) in [5.41, 5.74) is 1.88. The standard InChI is InChI=1S/C10H16N4O5S2/c1-20(17)6-2-5-12-21(18,19)10-7-8(14(15)16)3-4-9(10)13-11/h3-4,7,12-13H,2,5-6,11H2,1H3. The normalized spacial score (nSPS) is 12.9. The van der Waals surface area contributed by atoms with Crippen LogP contribution in [-0.4, -0.2) is 36.1 Å². The van der Waals surface area contributed by atoms with Gasteiger partial charge in [-0.15, -0.1) is 0 Å². The number of anilines is 1. The fourth-order valence-electron chi connectivity index (χ4n) is 1.53. The van der Waals surface area contributed by atoms with Gasteiger partial charge in [-0.05, 0) is 12.5 Å². The van der Waals surface area contributed by atoms with E-state index in [0.717, 1.165) is 12.1 Å². The lowest BCUT2D eigenvalue weighted by molar-refractivity contribution is -0.385. The first kappa shape index (κ1) is 17.5. The monoisotopic (exact) mass is 336 g/mol. The molecular formula is C10H16N4O5S2. The molecule has 1 aromatic rings. The summed E-state index contributed by atoms with van der Waals surface area (Å²) in [5.74, 6) is 5.58. The molecule has 0 aliphatic carbocycles. The summed E-state index contributed by atoms with van der Waals surface area (Å²) >= 11 is 0. The van der Waals surface area contributed by atoms with Gasteiger partial charge in [0.2, 0.25) is 10.0 Å². The topological polar surface area (TPSA) is 144 Å². The maximum absolute atomic E-state index is 12.1. The van der Waals surface area contributed by atoms with E-state index in [1.807, 2.05) is 0 Å². The Balaban J connectivity index is 2.97. The van der Waals surface area contributed by atoms with Gasteiger partial charge in [0.1, 0.15) is 4.90 Å². The molecule has 0 radical (unpaired) electrons. The maximum Gasteiger partial charge on any atom is 0.270 e. The first-order chi connectivity index (χ1) is 9.77. The van der Waals surface area contributed by atoms with E-state index in [-0.39, 0.29) is 22.8 Å². The second-order valence-corrected chi connectivity index (χ2v) is 7.40. The molecule has 1 atom stereocenters. The van der Waals surface area contributed by atoms with Crippen molar-refractivity contribution in [2.24, 2.45) is 5.84 Å². The minimum atomic E-state index is -3.95. The number of nitrogens with two attached hydrogens (primary N) is 1. The van der Waals surface area contributed by atoms with Gasteiger partial charge < -0.3 is 5.43 Å². The average Bonchev–Trinajstić information content (AvgIpc) is 2.42. The molecule has 0 fully saturated rings. The number of nitrogens with one attached hydrogen (secondary N) is 2. The smallest absolute Gasteiger partial charge is 0.270 e. The van der Waals surface area contributed by atoms with E-state index in [9.17, 15) is 22.7 Å². The number of nitro benzene ring substituents is 1. The van der Waals surface area contributed by atoms with Crippen LogP contribution in [0.25, 0.3) is 0 Å². The van der Waals surface area contributed by atoms with Crippen molar-refractivity contribution in [2.75, 3.05) is 24.0 Å². The summed E-state index contributed by atoms with van der Waals surface area (Å²) < 4.78 is 37.4. The highest BCUT2D eigenvalue weighted by atomic mass is 32.2. The number of non-ortho nitro benzene ring substituents is 1. The molecule has 0 heterocycles. The van der Waals surface area contributed by atoms with Crippen molar-refractivity contribution in [3.8, 4) is 0 Å². The summed E-state index contributed by atoms with van der Waals surface area (Å²) in [7, 11) is -4.96. The van der Waals surface area contributed by atoms with Crippen LogP contribution >= 0.6 is 0 Å². The number of nitrogen functional groups attached to an aromatic ring is 1. The van der Waals surface area contributed by atoms with Gasteiger partial charge in [0.15, 0.2) is 0 Å². The maximum atomic E-state index is 12.1. The van der Waals surface area contributed by atoms with Crippen LogP contribution in [0.4, 0.5) is 11.4 Å². The Morgan fingerprint density at radius 2 is 2.10 bits per heavy atom. The van der Waals surface area contributed by atoms with E-state index in [2.05, 4.69) is 10.1 Å². The molecule has 118 valence electrons. The third-order valence-corrected chi connectivity index (χ3v) is 4.89. The van der Waals surface area contributed by atoms with E-state index >= 15 is 0 Å². The molecule has 0 amide bonds. The van der Waals surface area contributed by atoms with Crippen molar-refractivity contribution < 1.29 is 17.6 Å². The lowest BCUT2D eigenvalue weighted by Crippen LogP contribution is -2.27. The number of benzene rings is 1. The van der Waals surface area contributed by atoms with Gasteiger partial charge >= 0.3 is 0 Å². The molecule has 0 saturated heterocycles. The number of hydrogen-bond donors (Lipinski definition) is 3. The number of hydrogen-bond acceptors (Lipinski definition) is 7. The molecule has 0 saturated carbocycles. The minimum Gasteiger partial charge on any atom is -0.323 e. The van der Waals surface area contributed by atoms with Crippen LogP contribution in [0.5, 0.6) is 0 Å². The third kappa shape index (κ3) is 5.04. The Labute approximate surface area is 124 Å². The molecule has 1 aromatic carbocycles. The zero-order valence-corrected chi connectivity index (χ0v) is 12.9. The van der Waals surface area contributed by atoms with Crippen LogP contribution in [0.15, 0.2) is 23.1 Å². The van der Waals surface area contributed by atoms with E-state index < -0.39 is 25.7 Å². The Morgan fingerprint density at radius 3 is 2.62 bits per heavy atom. The minimum absolute atomic E-state index is 0.0483. The van der Waals surface area contributed by atoms with Gasteiger partial charge in [0.05, 0.1) is 10.6 Å². The van der Waals surface area contributed by atoms with Gasteiger partial charge in [0, 0.05) is 41.5 Å². The zero-order chi connectivity index (χ0) is 16.0. The molecule has 9 nitrogen and oxygen atoms in total. The Bertz CT molecular complexity index is 647. The first-order valence-electron chi connectivity index (χ1n) is 5.82. The fraction of sp³-hybridized carbons (Fsp3) is 0.400. The molecule has 4 N–H and O–H groups in total. The molecule has 0 bridgehead atoms. The molecule has 0 aliphatic heterocycles. The van der Waals surface area contributed by atoms with E-state index in [0.29, 0.717) is 12.2 Å². The van der Waals surface area contributed by atoms with Crippen LogP contribution in [0, 0.1) is 10.1 Å². The molecule has 11 heteroatoms. The van der Waals surface area contributed by atoms with Gasteiger partial charge in [-0.25, -0.2) is 13.1 Å². The Kier molecular flexibility index (Phi) is 6.20. The lowest BCUT2D eigenvalue weighted by atomic mass is 10.3. The van der Waals surface area contributed by atoms with E-state index in [1.165, 1.54) is 12.3 Å². The van der Waals surface area contributed by atoms with Crippen molar-refractivity contribution in [1.82, 2.24) is 4.72 Å². The highest BCUT2D eigenvalue weighted by Gasteiger charge is 2.21. The van der Waals surface area contributed by atoms with E-state index in [4.69, 9.17) is 5.84 Å². The summed E-state index contributed by atoms with van der Waals surface area (Å²) in [5, 5.41) is 10.7. The van der Waals surface area contributed by atoms with Crippen molar-refractivity contribution in [3.63, 3.8) is 0 Å². The van der Waals surface area contributed by atoms with Crippen molar-refractivity contribution >= 4 is 32.2 Å². The predicted octanol–water partition coefficient (Wildman–Crippen LogP) is -0.0727. The number of hydrazine groups is 1. The summed E-state index contributed by atoms with van der Waals surface area (Å²) in [6.45, 7) is 0.0780. The lowest BCUT2D eigenvalue weighted by Gasteiger charge is -2.10. The summed E-state index contributed by atoms with van der Waals surface area (Å²) in [6, 6.07) is 3.29. The number of sulfonamides is 1. The Hall–Kier alpha value is -1.56. The van der Waals surface area contributed by atoms with Crippen LogP contribution < -0.4 is 16.0 Å². The number of nitrogens with zero attached hydrogens (tertiary/aromatic N) is 1. The molecule has 0 aliphatic rings. The molecule has 1 unspecified atom stereocenters. The predicted molar refractivity (Wildman–Crippen MR) is 79.6 cm³/mol. The van der Waals surface area contributed by atoms with Crippen LogP contribution in [0.3, 0.4) is 0 Å². The molecule has 0 spiro atoms. The van der Waals surface area contributed by atoms with Gasteiger partial charge in [0.25, 0.3) is 5.69 Å². The van der Waals surface area contributed by atoms with Crippen molar-refractivity contribution in [3.05, 3.63) is 28.3 Å². The van der Waals surface area contributed by atoms with Crippen molar-refractivity contribution in [2.45, 2.75) is 11.3 Å². The molecule has 1 rings (SSSR count). The average molecular weight is 336 g/mol. The van der Waals surface area contributed by atoms with Crippen LogP contribution in [0.1, 0.15) is 6.42 Å². The molecule has 0 aromatic heterocycles. The highest BCUT2D eigenvalue weighted by Crippen LogP contribution is 2.25. The largest absolute Gasteiger partial charge is 0.323 e. The molecule has 21 heavy (non-hydrogen) atoms. The Morgan fingerprint density at radius 1 is 1.43 bits per heavy atom. The van der Waals surface area contributed by atoms with Crippen LogP contribution in [-0.2, 0) is 20.8 Å². The molecular weight excluding hydrogens is 320 g/mol. The number of rotatable bonds is 8. The number of nitro groups is 1. The summed E-state index contributed by atoms with van der Waals surface area (Å²) in [4.78, 5) is 9.72. The fourth-order valence-corrected chi connectivity index (χ4v) is 3.34. The quantitative estimate of drug-likeness (QED) is 0.261. The SMILES string of the molecule is CS(=O)CCCNS(=O)(=O)c1cc([N+](=O)[O-])ccc1NN. The highest BCUT2D eigenvalue weighted by molar-refractivity contribution is 7.89. The zero-order valence-electron chi connectivity index (χ0n) is 11.2. The first-order valence-corrected chi connectivity index (χ1v) is 9.03. The van der Waals surface area contributed by atoms with Crippen molar-refractivity contribution in [1.29, 1.82) is 0 Å². The van der Waals surface area contributed by atoms with Gasteiger partial charge in [-0.3, -0.25) is 20.2 Å².